The summed E-state index contributed by atoms with van der Waals surface area (Å²) in [5, 5.41) is 1.22. The van der Waals surface area contributed by atoms with Gasteiger partial charge >= 0.3 is 25.0 Å². The van der Waals surface area contributed by atoms with E-state index in [2.05, 4.69) is 63.0 Å². The second-order valence-electron chi connectivity index (χ2n) is 5.20. The van der Waals surface area contributed by atoms with E-state index in [-0.39, 0.29) is 21.2 Å². The van der Waals surface area contributed by atoms with Crippen molar-refractivity contribution in [1.82, 2.24) is 0 Å². The van der Waals surface area contributed by atoms with Gasteiger partial charge in [0.15, 0.2) is 0 Å². The quantitative estimate of drug-likeness (QED) is 0.568. The smallest absolute Gasteiger partial charge is 0.400 e. The number of rotatable bonds is 3. The van der Waals surface area contributed by atoms with E-state index in [0.717, 1.165) is 0 Å². The lowest BCUT2D eigenvalue weighted by molar-refractivity contribution is -0.617. The Morgan fingerprint density at radius 2 is 1.71 bits per heavy atom. The standard InChI is InChI=1S/C14H18IOSi/c1-11-7-5-6-8-12(11)15-13-9-10-14(16-13)17(2,3)4/h5-10H,1-4H3/q+1. The molecule has 0 fully saturated rings. The highest BCUT2D eigenvalue weighted by Crippen LogP contribution is 2.02. The largest absolute Gasteiger partial charge is 0.429 e. The van der Waals surface area contributed by atoms with Crippen LogP contribution in [0.3, 0.4) is 0 Å². The van der Waals surface area contributed by atoms with Crippen LogP contribution in [0.4, 0.5) is 0 Å². The van der Waals surface area contributed by atoms with E-state index < -0.39 is 8.07 Å². The van der Waals surface area contributed by atoms with E-state index >= 15 is 0 Å². The molecule has 0 aliphatic carbocycles. The fraction of sp³-hybridized carbons (Fsp3) is 0.286. The van der Waals surface area contributed by atoms with Gasteiger partial charge in [0.25, 0.3) is 0 Å². The Balaban J connectivity index is 2.21. The van der Waals surface area contributed by atoms with Crippen LogP contribution in [0.2, 0.25) is 19.6 Å². The lowest BCUT2D eigenvalue weighted by atomic mass is 10.2. The third-order valence-corrected chi connectivity index (χ3v) is 7.23. The number of benzene rings is 1. The molecule has 0 aliphatic heterocycles. The van der Waals surface area contributed by atoms with Crippen molar-refractivity contribution in [2.75, 3.05) is 0 Å². The highest BCUT2D eigenvalue weighted by Gasteiger charge is 2.27. The van der Waals surface area contributed by atoms with Gasteiger partial charge in [0.2, 0.25) is 3.57 Å². The Labute approximate surface area is 115 Å². The predicted molar refractivity (Wildman–Crippen MR) is 70.3 cm³/mol. The first-order valence-electron chi connectivity index (χ1n) is 5.77. The van der Waals surface area contributed by atoms with Crippen LogP contribution in [0.1, 0.15) is 5.56 Å². The molecule has 0 atom stereocenters. The van der Waals surface area contributed by atoms with E-state index in [9.17, 15) is 0 Å². The normalized spacial score (nSPS) is 11.8. The molecule has 0 bridgehead atoms. The van der Waals surface area contributed by atoms with Crippen LogP contribution in [0.15, 0.2) is 40.8 Å². The summed E-state index contributed by atoms with van der Waals surface area (Å²) in [5.41, 5.74) is 1.38. The van der Waals surface area contributed by atoms with Gasteiger partial charge in [-0.25, -0.2) is 0 Å². The monoisotopic (exact) mass is 357 g/mol. The van der Waals surface area contributed by atoms with Crippen molar-refractivity contribution in [2.24, 2.45) is 0 Å². The minimum atomic E-state index is -1.29. The van der Waals surface area contributed by atoms with Crippen molar-refractivity contribution >= 4 is 13.5 Å². The second kappa shape index (κ2) is 4.98. The molecule has 0 spiro atoms. The maximum Gasteiger partial charge on any atom is 0.400 e. The second-order valence-corrected chi connectivity index (χ2v) is 13.0. The van der Waals surface area contributed by atoms with Crippen LogP contribution in [-0.4, -0.2) is 8.07 Å². The van der Waals surface area contributed by atoms with Gasteiger partial charge in [-0.05, 0) is 19.1 Å². The third-order valence-electron chi connectivity index (χ3n) is 2.58. The molecule has 0 unspecified atom stereocenters. The molecule has 2 rings (SSSR count). The van der Waals surface area contributed by atoms with Crippen LogP contribution in [0.25, 0.3) is 0 Å². The summed E-state index contributed by atoms with van der Waals surface area (Å²) >= 11 is -0.165. The summed E-state index contributed by atoms with van der Waals surface area (Å²) in [7, 11) is -1.29. The van der Waals surface area contributed by atoms with E-state index in [1.165, 1.54) is 18.3 Å². The van der Waals surface area contributed by atoms with E-state index in [1.807, 2.05) is 0 Å². The van der Waals surface area contributed by atoms with Gasteiger partial charge in [-0.2, -0.15) is 0 Å². The number of halogens is 1. The Morgan fingerprint density at radius 3 is 2.29 bits per heavy atom. The summed E-state index contributed by atoms with van der Waals surface area (Å²) < 4.78 is 8.67. The molecule has 0 amide bonds. The van der Waals surface area contributed by atoms with Crippen molar-refractivity contribution in [3.63, 3.8) is 0 Å². The predicted octanol–water partition coefficient (Wildman–Crippen LogP) is 0.262. The van der Waals surface area contributed by atoms with Crippen molar-refractivity contribution in [3.05, 3.63) is 49.3 Å². The SMILES string of the molecule is Cc1ccccc1[I+]c1ccc([Si](C)(C)C)o1. The average molecular weight is 357 g/mol. The maximum atomic E-state index is 6.02. The van der Waals surface area contributed by atoms with Gasteiger partial charge in [-0.3, -0.25) is 0 Å². The number of hydrogen-bond acceptors (Lipinski definition) is 1. The highest BCUT2D eigenvalue weighted by atomic mass is 127. The Kier molecular flexibility index (Phi) is 3.78. The van der Waals surface area contributed by atoms with Crippen molar-refractivity contribution in [1.29, 1.82) is 0 Å². The molecule has 1 aromatic heterocycles. The Bertz CT molecular complexity index is 511. The lowest BCUT2D eigenvalue weighted by Gasteiger charge is -2.09. The molecule has 3 heteroatoms. The van der Waals surface area contributed by atoms with Gasteiger partial charge < -0.3 is 4.42 Å². The zero-order chi connectivity index (χ0) is 12.5. The van der Waals surface area contributed by atoms with E-state index in [0.29, 0.717) is 0 Å². The summed E-state index contributed by atoms with van der Waals surface area (Å²) in [4.78, 5) is 0. The summed E-state index contributed by atoms with van der Waals surface area (Å²) in [6.07, 6.45) is 0. The van der Waals surface area contributed by atoms with Crippen LogP contribution < -0.4 is 26.6 Å². The van der Waals surface area contributed by atoms with Crippen LogP contribution in [0, 0.1) is 14.3 Å². The fourth-order valence-electron chi connectivity index (χ4n) is 1.53. The van der Waals surface area contributed by atoms with Gasteiger partial charge in [0.05, 0.1) is 5.38 Å². The van der Waals surface area contributed by atoms with Crippen LogP contribution in [0.5, 0.6) is 0 Å². The molecule has 0 radical (unpaired) electrons. The average Bonchev–Trinajstić information content (AvgIpc) is 2.69. The van der Waals surface area contributed by atoms with Crippen molar-refractivity contribution in [3.8, 4) is 0 Å². The number of furan rings is 1. The topological polar surface area (TPSA) is 13.1 Å². The molecule has 1 heterocycles. The van der Waals surface area contributed by atoms with Crippen LogP contribution in [-0.2, 0) is 0 Å². The van der Waals surface area contributed by atoms with E-state index in [4.69, 9.17) is 4.42 Å². The molecule has 0 aliphatic rings. The fourth-order valence-corrected chi connectivity index (χ4v) is 5.00. The molecule has 2 aromatic rings. The molecule has 0 N–H and O–H groups in total. The lowest BCUT2D eigenvalue weighted by Crippen LogP contribution is -3.61. The zero-order valence-electron chi connectivity index (χ0n) is 10.8. The first-order chi connectivity index (χ1) is 7.97. The number of aryl methyl sites for hydroxylation is 1. The molecule has 0 saturated heterocycles. The van der Waals surface area contributed by atoms with Gasteiger partial charge in [0, 0.05) is 11.6 Å². The summed E-state index contributed by atoms with van der Waals surface area (Å²) in [5.74, 6) is 0. The highest BCUT2D eigenvalue weighted by molar-refractivity contribution is 6.87. The molecule has 90 valence electrons. The molecule has 17 heavy (non-hydrogen) atoms. The van der Waals surface area contributed by atoms with Gasteiger partial charge in [0.1, 0.15) is 8.07 Å². The van der Waals surface area contributed by atoms with E-state index in [1.54, 1.807) is 0 Å². The molecule has 1 nitrogen and oxygen atoms in total. The number of hydrogen-bond donors (Lipinski definition) is 0. The summed E-state index contributed by atoms with van der Waals surface area (Å²) in [6.45, 7) is 9.14. The van der Waals surface area contributed by atoms with Gasteiger partial charge in [-0.1, -0.05) is 37.8 Å². The first kappa shape index (κ1) is 12.9. The zero-order valence-corrected chi connectivity index (χ0v) is 13.9. The molecule has 0 saturated carbocycles. The molecular formula is C14H18IOSi+. The van der Waals surface area contributed by atoms with Crippen molar-refractivity contribution < 1.29 is 25.6 Å². The first-order valence-corrected chi connectivity index (χ1v) is 11.4. The maximum absolute atomic E-state index is 6.02. The Hall–Kier alpha value is -0.553. The Morgan fingerprint density at radius 1 is 1.00 bits per heavy atom. The van der Waals surface area contributed by atoms with Crippen LogP contribution >= 0.6 is 0 Å². The minimum absolute atomic E-state index is 0.165. The van der Waals surface area contributed by atoms with Gasteiger partial charge in [-0.15, -0.1) is 0 Å². The molecular weight excluding hydrogens is 339 g/mol. The third kappa shape index (κ3) is 3.22. The minimum Gasteiger partial charge on any atom is -0.429 e. The molecule has 1 aromatic carbocycles. The summed E-state index contributed by atoms with van der Waals surface area (Å²) in [6, 6.07) is 13.0. The van der Waals surface area contributed by atoms with Crippen molar-refractivity contribution in [2.45, 2.75) is 26.6 Å².